The molecule has 3 aromatic rings. The fraction of sp³-hybridized carbons (Fsp3) is 0.261. The van der Waals surface area contributed by atoms with Crippen LogP contribution in [0, 0.1) is 11.7 Å². The Labute approximate surface area is 181 Å². The Morgan fingerprint density at radius 3 is 2.38 bits per heavy atom. The molecular formula is C23H21F4N3O2. The Hall–Kier alpha value is -3.49. The zero-order chi connectivity index (χ0) is 23.5. The third kappa shape index (κ3) is 5.60. The van der Waals surface area contributed by atoms with Crippen molar-refractivity contribution in [2.24, 2.45) is 5.92 Å². The van der Waals surface area contributed by atoms with E-state index in [2.05, 4.69) is 10.4 Å². The van der Waals surface area contributed by atoms with Crippen LogP contribution in [-0.2, 0) is 6.18 Å². The fourth-order valence-electron chi connectivity index (χ4n) is 3.21. The molecule has 0 saturated carbocycles. The van der Waals surface area contributed by atoms with Gasteiger partial charge in [-0.15, -0.1) is 0 Å². The van der Waals surface area contributed by atoms with Crippen molar-refractivity contribution in [1.29, 1.82) is 0 Å². The third-order valence-corrected chi connectivity index (χ3v) is 4.73. The zero-order valence-corrected chi connectivity index (χ0v) is 17.4. The molecule has 5 nitrogen and oxygen atoms in total. The van der Waals surface area contributed by atoms with Crippen molar-refractivity contribution in [3.05, 3.63) is 93.7 Å². The van der Waals surface area contributed by atoms with Crippen molar-refractivity contribution in [3.63, 3.8) is 0 Å². The van der Waals surface area contributed by atoms with Crippen molar-refractivity contribution in [1.82, 2.24) is 15.1 Å². The lowest BCUT2D eigenvalue weighted by Gasteiger charge is -2.22. The number of hydrogen-bond acceptors (Lipinski definition) is 3. The monoisotopic (exact) mass is 447 g/mol. The summed E-state index contributed by atoms with van der Waals surface area (Å²) in [5.74, 6) is -1.06. The standard InChI is InChI=1S/C23H21F4N3O2/c1-14(2)12-20(15-4-3-5-16(13-15)23(25,26)27)28-22(32)19-10-11-21(31)30(29-19)18-8-6-17(24)7-9-18/h3-11,13-14,20H,12H2,1-2H3,(H,28,32)/t20-/m1/s1. The van der Waals surface area contributed by atoms with Gasteiger partial charge in [-0.05, 0) is 60.4 Å². The van der Waals surface area contributed by atoms with Gasteiger partial charge in [-0.2, -0.15) is 23.0 Å². The van der Waals surface area contributed by atoms with Crippen LogP contribution in [0.15, 0.2) is 65.5 Å². The molecule has 1 heterocycles. The van der Waals surface area contributed by atoms with Crippen LogP contribution in [0.4, 0.5) is 17.6 Å². The summed E-state index contributed by atoms with van der Waals surface area (Å²) in [5, 5.41) is 6.77. The minimum Gasteiger partial charge on any atom is -0.344 e. The van der Waals surface area contributed by atoms with Gasteiger partial charge in [0.2, 0.25) is 0 Å². The second kappa shape index (κ2) is 9.33. The molecule has 0 bridgehead atoms. The minimum absolute atomic E-state index is 0.0796. The van der Waals surface area contributed by atoms with Crippen LogP contribution >= 0.6 is 0 Å². The maximum atomic E-state index is 13.2. The van der Waals surface area contributed by atoms with E-state index in [9.17, 15) is 27.2 Å². The van der Waals surface area contributed by atoms with Crippen LogP contribution in [0.2, 0.25) is 0 Å². The van der Waals surface area contributed by atoms with E-state index < -0.39 is 35.1 Å². The summed E-state index contributed by atoms with van der Waals surface area (Å²) >= 11 is 0. The third-order valence-electron chi connectivity index (χ3n) is 4.73. The Balaban J connectivity index is 1.91. The fourth-order valence-corrected chi connectivity index (χ4v) is 3.21. The van der Waals surface area contributed by atoms with Crippen LogP contribution in [-0.4, -0.2) is 15.7 Å². The highest BCUT2D eigenvalue weighted by molar-refractivity contribution is 5.92. The van der Waals surface area contributed by atoms with Gasteiger partial charge in [-0.25, -0.2) is 4.39 Å². The molecule has 0 aliphatic rings. The van der Waals surface area contributed by atoms with E-state index in [1.165, 1.54) is 30.3 Å². The van der Waals surface area contributed by atoms with E-state index in [0.29, 0.717) is 12.0 Å². The Kier molecular flexibility index (Phi) is 6.76. The summed E-state index contributed by atoms with van der Waals surface area (Å²) in [6.07, 6.45) is -4.11. The second-order valence-electron chi connectivity index (χ2n) is 7.72. The highest BCUT2D eigenvalue weighted by Crippen LogP contribution is 2.32. The Morgan fingerprint density at radius 2 is 1.75 bits per heavy atom. The molecule has 9 heteroatoms. The van der Waals surface area contributed by atoms with Gasteiger partial charge in [0, 0.05) is 6.07 Å². The summed E-state index contributed by atoms with van der Waals surface area (Å²) in [6, 6.07) is 11.5. The molecule has 0 spiro atoms. The first-order valence-corrected chi connectivity index (χ1v) is 9.89. The average Bonchev–Trinajstić information content (AvgIpc) is 2.73. The highest BCUT2D eigenvalue weighted by Gasteiger charge is 2.31. The number of benzene rings is 2. The molecule has 1 aromatic heterocycles. The van der Waals surface area contributed by atoms with Gasteiger partial charge in [0.25, 0.3) is 11.5 Å². The van der Waals surface area contributed by atoms with E-state index in [4.69, 9.17) is 0 Å². The number of alkyl halides is 3. The predicted molar refractivity (Wildman–Crippen MR) is 111 cm³/mol. The second-order valence-corrected chi connectivity index (χ2v) is 7.72. The summed E-state index contributed by atoms with van der Waals surface area (Å²) in [6.45, 7) is 3.78. The van der Waals surface area contributed by atoms with Crippen molar-refractivity contribution >= 4 is 5.91 Å². The van der Waals surface area contributed by atoms with Gasteiger partial charge in [0.1, 0.15) is 11.5 Å². The molecule has 1 amide bonds. The van der Waals surface area contributed by atoms with E-state index in [1.54, 1.807) is 0 Å². The average molecular weight is 447 g/mol. The largest absolute Gasteiger partial charge is 0.416 e. The lowest BCUT2D eigenvalue weighted by molar-refractivity contribution is -0.137. The molecule has 0 unspecified atom stereocenters. The molecule has 1 atom stereocenters. The topological polar surface area (TPSA) is 64.0 Å². The van der Waals surface area contributed by atoms with Crippen molar-refractivity contribution < 1.29 is 22.4 Å². The molecular weight excluding hydrogens is 426 g/mol. The lowest BCUT2D eigenvalue weighted by Crippen LogP contribution is -2.32. The first-order chi connectivity index (χ1) is 15.0. The maximum absolute atomic E-state index is 13.2. The Bertz CT molecular complexity index is 1150. The van der Waals surface area contributed by atoms with Crippen molar-refractivity contribution in [3.8, 4) is 5.69 Å². The van der Waals surface area contributed by atoms with Crippen LogP contribution in [0.3, 0.4) is 0 Å². The molecule has 0 fully saturated rings. The Morgan fingerprint density at radius 1 is 1.06 bits per heavy atom. The maximum Gasteiger partial charge on any atom is 0.416 e. The summed E-state index contributed by atoms with van der Waals surface area (Å²) in [5.41, 5.74) is -0.850. The van der Waals surface area contributed by atoms with Gasteiger partial charge < -0.3 is 5.32 Å². The number of rotatable bonds is 6. The number of aromatic nitrogens is 2. The first-order valence-electron chi connectivity index (χ1n) is 9.89. The van der Waals surface area contributed by atoms with Gasteiger partial charge in [0.05, 0.1) is 17.3 Å². The number of nitrogens with one attached hydrogen (secondary N) is 1. The van der Waals surface area contributed by atoms with Crippen molar-refractivity contribution in [2.45, 2.75) is 32.5 Å². The number of nitrogens with zero attached hydrogens (tertiary/aromatic N) is 2. The van der Waals surface area contributed by atoms with Gasteiger partial charge in [-0.1, -0.05) is 26.0 Å². The van der Waals surface area contributed by atoms with E-state index in [1.807, 2.05) is 13.8 Å². The zero-order valence-electron chi connectivity index (χ0n) is 17.4. The smallest absolute Gasteiger partial charge is 0.344 e. The van der Waals surface area contributed by atoms with Gasteiger partial charge >= 0.3 is 6.18 Å². The normalized spacial score (nSPS) is 12.6. The number of carbonyl (C=O) groups excluding carboxylic acids is 1. The number of carbonyl (C=O) groups is 1. The molecule has 0 aliphatic carbocycles. The number of halogens is 4. The molecule has 3 rings (SSSR count). The number of hydrogen-bond donors (Lipinski definition) is 1. The van der Waals surface area contributed by atoms with Crippen LogP contribution in [0.5, 0.6) is 0 Å². The molecule has 1 N–H and O–H groups in total. The van der Waals surface area contributed by atoms with E-state index >= 15 is 0 Å². The SMILES string of the molecule is CC(C)C[C@@H](NC(=O)c1ccc(=O)n(-c2ccc(F)cc2)n1)c1cccc(C(F)(F)F)c1. The number of amides is 1. The molecule has 32 heavy (non-hydrogen) atoms. The van der Waals surface area contributed by atoms with Crippen LogP contribution in [0.1, 0.15) is 47.9 Å². The highest BCUT2D eigenvalue weighted by atomic mass is 19.4. The first kappa shape index (κ1) is 23.2. The molecule has 2 aromatic carbocycles. The molecule has 0 radical (unpaired) electrons. The summed E-state index contributed by atoms with van der Waals surface area (Å²) in [4.78, 5) is 25.0. The van der Waals surface area contributed by atoms with E-state index in [-0.39, 0.29) is 17.3 Å². The van der Waals surface area contributed by atoms with Crippen molar-refractivity contribution in [2.75, 3.05) is 0 Å². The predicted octanol–water partition coefficient (Wildman–Crippen LogP) is 4.91. The van der Waals surface area contributed by atoms with Crippen LogP contribution < -0.4 is 10.9 Å². The summed E-state index contributed by atoms with van der Waals surface area (Å²) in [7, 11) is 0. The molecule has 0 saturated heterocycles. The molecule has 0 aliphatic heterocycles. The summed E-state index contributed by atoms with van der Waals surface area (Å²) < 4.78 is 53.5. The minimum atomic E-state index is -4.51. The quantitative estimate of drug-likeness (QED) is 0.547. The van der Waals surface area contributed by atoms with Gasteiger partial charge in [-0.3, -0.25) is 9.59 Å². The van der Waals surface area contributed by atoms with Gasteiger partial charge in [0.15, 0.2) is 0 Å². The van der Waals surface area contributed by atoms with Crippen LogP contribution in [0.25, 0.3) is 5.69 Å². The lowest BCUT2D eigenvalue weighted by atomic mass is 9.95. The van der Waals surface area contributed by atoms with E-state index in [0.717, 1.165) is 35.0 Å². The molecule has 168 valence electrons.